The van der Waals surface area contributed by atoms with Crippen molar-refractivity contribution in [3.8, 4) is 0 Å². The van der Waals surface area contributed by atoms with Crippen LogP contribution in [0.4, 0.5) is 0 Å². The van der Waals surface area contributed by atoms with E-state index in [2.05, 4.69) is 81.5 Å². The van der Waals surface area contributed by atoms with Crippen LogP contribution in [0.2, 0.25) is 0 Å². The van der Waals surface area contributed by atoms with Crippen LogP contribution in [0, 0.1) is 0 Å². The van der Waals surface area contributed by atoms with Crippen molar-refractivity contribution in [2.45, 2.75) is 386 Å². The number of ether oxygens (including phenoxy) is 3. The Balaban J connectivity index is 4.36. The molecule has 0 aromatic rings. The van der Waals surface area contributed by atoms with Crippen LogP contribution in [0.1, 0.15) is 380 Å². The molecule has 0 aliphatic heterocycles. The molecule has 0 fully saturated rings. The fourth-order valence-electron chi connectivity index (χ4n) is 10.6. The van der Waals surface area contributed by atoms with Gasteiger partial charge in [0.1, 0.15) is 13.2 Å². The first-order valence-electron chi connectivity index (χ1n) is 35.8. The van der Waals surface area contributed by atoms with Crippen molar-refractivity contribution < 1.29 is 28.6 Å². The minimum absolute atomic E-state index is 0.0744. The molecular formula is C75H136O6. The molecule has 0 bridgehead atoms. The lowest BCUT2D eigenvalue weighted by molar-refractivity contribution is -0.167. The van der Waals surface area contributed by atoms with Crippen molar-refractivity contribution in [3.05, 3.63) is 60.8 Å². The Morgan fingerprint density at radius 1 is 0.247 bits per heavy atom. The summed E-state index contributed by atoms with van der Waals surface area (Å²) in [5, 5.41) is 0. The van der Waals surface area contributed by atoms with Gasteiger partial charge in [-0.3, -0.25) is 14.4 Å². The Bertz CT molecular complexity index is 1440. The van der Waals surface area contributed by atoms with E-state index in [-0.39, 0.29) is 31.1 Å². The predicted octanol–water partition coefficient (Wildman–Crippen LogP) is 24.7. The molecule has 0 aromatic heterocycles. The maximum Gasteiger partial charge on any atom is 0.306 e. The zero-order chi connectivity index (χ0) is 58.5. The molecule has 0 heterocycles. The molecule has 6 nitrogen and oxygen atoms in total. The second kappa shape index (κ2) is 69.6. The van der Waals surface area contributed by atoms with Crippen LogP contribution in [0.3, 0.4) is 0 Å². The highest BCUT2D eigenvalue weighted by Crippen LogP contribution is 2.18. The fraction of sp³-hybridized carbons (Fsp3) is 0.827. The van der Waals surface area contributed by atoms with Gasteiger partial charge in [0.25, 0.3) is 0 Å². The number of carbonyl (C=O) groups excluding carboxylic acids is 3. The molecule has 0 radical (unpaired) electrons. The number of unbranched alkanes of at least 4 members (excludes halogenated alkanes) is 45. The molecule has 6 heteroatoms. The summed E-state index contributed by atoms with van der Waals surface area (Å²) in [6.07, 6.45) is 89.5. The van der Waals surface area contributed by atoms with Gasteiger partial charge in [0.15, 0.2) is 6.10 Å². The highest BCUT2D eigenvalue weighted by molar-refractivity contribution is 5.71. The summed E-state index contributed by atoms with van der Waals surface area (Å²) in [4.78, 5) is 38.5. The molecular weight excluding hydrogens is 997 g/mol. The lowest BCUT2D eigenvalue weighted by Crippen LogP contribution is -2.30. The number of carbonyl (C=O) groups is 3. The van der Waals surface area contributed by atoms with Gasteiger partial charge in [0.2, 0.25) is 0 Å². The van der Waals surface area contributed by atoms with Gasteiger partial charge in [-0.25, -0.2) is 0 Å². The lowest BCUT2D eigenvalue weighted by atomic mass is 10.0. The minimum Gasteiger partial charge on any atom is -0.462 e. The molecule has 0 saturated carbocycles. The summed E-state index contributed by atoms with van der Waals surface area (Å²) in [6.45, 7) is 6.68. The Labute approximate surface area is 504 Å². The van der Waals surface area contributed by atoms with Gasteiger partial charge < -0.3 is 14.2 Å². The molecule has 0 aliphatic carbocycles. The van der Waals surface area contributed by atoms with E-state index in [1.165, 1.54) is 257 Å². The number of esters is 3. The van der Waals surface area contributed by atoms with Gasteiger partial charge in [-0.15, -0.1) is 0 Å². The van der Waals surface area contributed by atoms with Gasteiger partial charge in [0.05, 0.1) is 0 Å². The first kappa shape index (κ1) is 78.1. The molecule has 0 amide bonds. The summed E-state index contributed by atoms with van der Waals surface area (Å²) in [6, 6.07) is 0. The Hall–Kier alpha value is -2.89. The van der Waals surface area contributed by atoms with E-state index in [1.807, 2.05) is 0 Å². The predicted molar refractivity (Wildman–Crippen MR) is 353 cm³/mol. The average molecular weight is 1130 g/mol. The van der Waals surface area contributed by atoms with Crippen LogP contribution in [0.15, 0.2) is 60.8 Å². The second-order valence-electron chi connectivity index (χ2n) is 24.1. The standard InChI is InChI=1S/C75H136O6/c1-4-7-10-13-16-19-22-25-28-31-34-36-37-39-41-44-47-50-53-56-59-62-65-68-74(77)80-71-72(70-79-73(76)67-64-61-58-55-52-49-46-43-40-33-30-27-24-21-18-15-12-9-6-3)81-75(78)69-66-63-60-57-54-51-48-45-42-38-35-32-29-26-23-20-17-14-11-8-5-2/h22-23,25-26,31-32,34-35,37,39,72H,4-21,24,27-30,33,36,38,40-71H2,1-3H3/b25-22-,26-23-,34-31-,35-32-,39-37-. The molecule has 1 unspecified atom stereocenters. The van der Waals surface area contributed by atoms with Crippen molar-refractivity contribution >= 4 is 17.9 Å². The van der Waals surface area contributed by atoms with E-state index in [0.717, 1.165) is 83.5 Å². The molecule has 0 rings (SSSR count). The monoisotopic (exact) mass is 1130 g/mol. The van der Waals surface area contributed by atoms with Crippen LogP contribution >= 0.6 is 0 Å². The number of allylic oxidation sites excluding steroid dienone is 10. The van der Waals surface area contributed by atoms with Crippen molar-refractivity contribution in [3.63, 3.8) is 0 Å². The molecule has 0 aliphatic rings. The number of hydrogen-bond donors (Lipinski definition) is 0. The van der Waals surface area contributed by atoms with Crippen LogP contribution in [-0.4, -0.2) is 37.2 Å². The highest BCUT2D eigenvalue weighted by Gasteiger charge is 2.19. The summed E-state index contributed by atoms with van der Waals surface area (Å²) >= 11 is 0. The van der Waals surface area contributed by atoms with E-state index < -0.39 is 6.10 Å². The third-order valence-electron chi connectivity index (χ3n) is 16.0. The van der Waals surface area contributed by atoms with Crippen molar-refractivity contribution in [2.75, 3.05) is 13.2 Å². The molecule has 1 atom stereocenters. The Kier molecular flexibility index (Phi) is 67.1. The molecule has 0 N–H and O–H groups in total. The van der Waals surface area contributed by atoms with Gasteiger partial charge in [0, 0.05) is 19.3 Å². The first-order valence-corrected chi connectivity index (χ1v) is 35.8. The maximum atomic E-state index is 13.0. The quantitative estimate of drug-likeness (QED) is 0.0261. The molecule has 81 heavy (non-hydrogen) atoms. The van der Waals surface area contributed by atoms with E-state index in [1.54, 1.807) is 0 Å². The van der Waals surface area contributed by atoms with Crippen LogP contribution < -0.4 is 0 Å². The third-order valence-corrected chi connectivity index (χ3v) is 16.0. The van der Waals surface area contributed by atoms with E-state index in [0.29, 0.717) is 19.3 Å². The van der Waals surface area contributed by atoms with Crippen LogP contribution in [0.5, 0.6) is 0 Å². The van der Waals surface area contributed by atoms with E-state index in [4.69, 9.17) is 14.2 Å². The van der Waals surface area contributed by atoms with Crippen molar-refractivity contribution in [1.82, 2.24) is 0 Å². The lowest BCUT2D eigenvalue weighted by Gasteiger charge is -2.18. The molecule has 0 spiro atoms. The molecule has 0 aromatic carbocycles. The number of hydrogen-bond acceptors (Lipinski definition) is 6. The van der Waals surface area contributed by atoms with E-state index in [9.17, 15) is 14.4 Å². The summed E-state index contributed by atoms with van der Waals surface area (Å²) in [7, 11) is 0. The summed E-state index contributed by atoms with van der Waals surface area (Å²) in [5.41, 5.74) is 0. The zero-order valence-corrected chi connectivity index (χ0v) is 54.3. The summed E-state index contributed by atoms with van der Waals surface area (Å²) in [5.74, 6) is -0.861. The minimum atomic E-state index is -0.780. The van der Waals surface area contributed by atoms with Gasteiger partial charge in [-0.2, -0.15) is 0 Å². The normalized spacial score (nSPS) is 12.4. The highest BCUT2D eigenvalue weighted by atomic mass is 16.6. The Morgan fingerprint density at radius 2 is 0.444 bits per heavy atom. The molecule has 472 valence electrons. The third kappa shape index (κ3) is 67.8. The van der Waals surface area contributed by atoms with E-state index >= 15 is 0 Å². The van der Waals surface area contributed by atoms with Gasteiger partial charge >= 0.3 is 17.9 Å². The average Bonchev–Trinajstić information content (AvgIpc) is 3.47. The van der Waals surface area contributed by atoms with Gasteiger partial charge in [-0.1, -0.05) is 332 Å². The largest absolute Gasteiger partial charge is 0.462 e. The van der Waals surface area contributed by atoms with Gasteiger partial charge in [-0.05, 0) is 89.9 Å². The first-order chi connectivity index (χ1) is 40.0. The second-order valence-corrected chi connectivity index (χ2v) is 24.1. The van der Waals surface area contributed by atoms with Crippen molar-refractivity contribution in [1.29, 1.82) is 0 Å². The molecule has 0 saturated heterocycles. The van der Waals surface area contributed by atoms with Crippen molar-refractivity contribution in [2.24, 2.45) is 0 Å². The van der Waals surface area contributed by atoms with Crippen LogP contribution in [0.25, 0.3) is 0 Å². The smallest absolute Gasteiger partial charge is 0.306 e. The van der Waals surface area contributed by atoms with Crippen LogP contribution in [-0.2, 0) is 28.6 Å². The topological polar surface area (TPSA) is 78.9 Å². The summed E-state index contributed by atoms with van der Waals surface area (Å²) < 4.78 is 17.0. The zero-order valence-electron chi connectivity index (χ0n) is 54.3. The fourth-order valence-corrected chi connectivity index (χ4v) is 10.6. The number of rotatable bonds is 66. The maximum absolute atomic E-state index is 13.0. The SMILES string of the molecule is CCCCCCC/C=C\C/C=C\C/C=C\CCCCCCCCCCC(=O)OCC(COC(=O)CCCCCCCCCCCCCCCCCCCCC)OC(=O)CCCCCCCCCCC/C=C\C/C=C\CCCCCCC. The Morgan fingerprint density at radius 3 is 0.691 bits per heavy atom.